The molecule has 2 heterocycles. The standard InChI is InChI=1S/C10H16BrN3O/c1-13-4-2-8(3-5-13)7-14-10(11)9(15)6-12-14/h6,8,15H,2-5,7H2,1H3. The van der Waals surface area contributed by atoms with Gasteiger partial charge in [0.1, 0.15) is 4.60 Å². The number of piperidine rings is 1. The Hall–Kier alpha value is -0.550. The fourth-order valence-corrected chi connectivity index (χ4v) is 2.32. The van der Waals surface area contributed by atoms with Crippen LogP contribution in [-0.4, -0.2) is 39.9 Å². The molecule has 15 heavy (non-hydrogen) atoms. The van der Waals surface area contributed by atoms with Crippen molar-refractivity contribution < 1.29 is 5.11 Å². The highest BCUT2D eigenvalue weighted by Crippen LogP contribution is 2.25. The third kappa shape index (κ3) is 2.52. The van der Waals surface area contributed by atoms with Crippen LogP contribution >= 0.6 is 15.9 Å². The summed E-state index contributed by atoms with van der Waals surface area (Å²) < 4.78 is 2.53. The van der Waals surface area contributed by atoms with E-state index >= 15 is 0 Å². The van der Waals surface area contributed by atoms with E-state index in [2.05, 4.69) is 33.0 Å². The van der Waals surface area contributed by atoms with E-state index in [1.54, 1.807) is 0 Å². The second kappa shape index (κ2) is 4.53. The van der Waals surface area contributed by atoms with Crippen LogP contribution in [0.4, 0.5) is 0 Å². The van der Waals surface area contributed by atoms with Gasteiger partial charge in [-0.3, -0.25) is 4.68 Å². The van der Waals surface area contributed by atoms with Gasteiger partial charge in [0.05, 0.1) is 6.20 Å². The molecule has 0 saturated carbocycles. The van der Waals surface area contributed by atoms with Crippen LogP contribution in [0.5, 0.6) is 5.75 Å². The Kier molecular flexibility index (Phi) is 3.31. The third-order valence-electron chi connectivity index (χ3n) is 3.03. The first-order valence-corrected chi connectivity index (χ1v) is 6.05. The van der Waals surface area contributed by atoms with Crippen molar-refractivity contribution in [2.24, 2.45) is 5.92 Å². The number of nitrogens with zero attached hydrogens (tertiary/aromatic N) is 3. The number of likely N-dealkylation sites (tertiary alicyclic amines) is 1. The number of hydrogen-bond acceptors (Lipinski definition) is 3. The van der Waals surface area contributed by atoms with Crippen molar-refractivity contribution in [2.45, 2.75) is 19.4 Å². The summed E-state index contributed by atoms with van der Waals surface area (Å²) in [5.74, 6) is 0.903. The largest absolute Gasteiger partial charge is 0.504 e. The van der Waals surface area contributed by atoms with E-state index in [1.807, 2.05) is 4.68 Å². The first kappa shape index (κ1) is 11.0. The van der Waals surface area contributed by atoms with Crippen LogP contribution in [0.1, 0.15) is 12.8 Å². The van der Waals surface area contributed by atoms with Gasteiger partial charge in [0.2, 0.25) is 0 Å². The van der Waals surface area contributed by atoms with E-state index in [0.717, 1.165) is 19.6 Å². The van der Waals surface area contributed by atoms with Crippen molar-refractivity contribution in [2.75, 3.05) is 20.1 Å². The van der Waals surface area contributed by atoms with Gasteiger partial charge in [0.15, 0.2) is 5.75 Å². The number of aromatic hydroxyl groups is 1. The molecule has 1 N–H and O–H groups in total. The topological polar surface area (TPSA) is 41.3 Å². The molecule has 1 saturated heterocycles. The molecule has 0 bridgehead atoms. The molecule has 84 valence electrons. The lowest BCUT2D eigenvalue weighted by Gasteiger charge is -2.28. The smallest absolute Gasteiger partial charge is 0.168 e. The molecular weight excluding hydrogens is 258 g/mol. The summed E-state index contributed by atoms with van der Waals surface area (Å²) in [6, 6.07) is 0. The first-order valence-electron chi connectivity index (χ1n) is 5.25. The Morgan fingerprint density at radius 3 is 2.73 bits per heavy atom. The molecule has 0 atom stereocenters. The molecule has 0 aliphatic carbocycles. The molecule has 1 aromatic heterocycles. The highest BCUT2D eigenvalue weighted by molar-refractivity contribution is 9.10. The van der Waals surface area contributed by atoms with E-state index < -0.39 is 0 Å². The molecule has 1 aromatic rings. The average molecular weight is 274 g/mol. The highest BCUT2D eigenvalue weighted by atomic mass is 79.9. The molecule has 4 nitrogen and oxygen atoms in total. The fourth-order valence-electron chi connectivity index (χ4n) is 1.98. The van der Waals surface area contributed by atoms with Crippen molar-refractivity contribution in [3.63, 3.8) is 0 Å². The maximum absolute atomic E-state index is 9.37. The Bertz CT molecular complexity index is 331. The predicted octanol–water partition coefficient (Wildman–Crippen LogP) is 1.69. The minimum Gasteiger partial charge on any atom is -0.504 e. The molecular formula is C10H16BrN3O. The van der Waals surface area contributed by atoms with Gasteiger partial charge in [-0.2, -0.15) is 5.10 Å². The number of halogens is 1. The Morgan fingerprint density at radius 2 is 2.20 bits per heavy atom. The molecule has 1 aliphatic rings. The molecule has 0 radical (unpaired) electrons. The van der Waals surface area contributed by atoms with Crippen LogP contribution in [0, 0.1) is 5.92 Å². The summed E-state index contributed by atoms with van der Waals surface area (Å²) in [6.07, 6.45) is 3.91. The second-order valence-corrected chi connectivity index (χ2v) is 5.00. The lowest BCUT2D eigenvalue weighted by atomic mass is 9.97. The Labute approximate surface area is 98.0 Å². The van der Waals surface area contributed by atoms with E-state index in [1.165, 1.54) is 19.0 Å². The van der Waals surface area contributed by atoms with Gasteiger partial charge in [-0.15, -0.1) is 0 Å². The summed E-state index contributed by atoms with van der Waals surface area (Å²) in [7, 11) is 2.16. The van der Waals surface area contributed by atoms with Crippen molar-refractivity contribution in [3.05, 3.63) is 10.8 Å². The molecule has 0 unspecified atom stereocenters. The molecule has 5 heteroatoms. The summed E-state index contributed by atoms with van der Waals surface area (Å²) in [5.41, 5.74) is 0. The van der Waals surface area contributed by atoms with Crippen LogP contribution in [0.15, 0.2) is 10.8 Å². The Balaban J connectivity index is 1.94. The summed E-state index contributed by atoms with van der Waals surface area (Å²) in [6.45, 7) is 3.22. The molecule has 0 amide bonds. The molecule has 0 spiro atoms. The van der Waals surface area contributed by atoms with E-state index in [4.69, 9.17) is 0 Å². The number of hydrogen-bond donors (Lipinski definition) is 1. The van der Waals surface area contributed by atoms with Gasteiger partial charge < -0.3 is 10.0 Å². The molecule has 0 aromatic carbocycles. The van der Waals surface area contributed by atoms with Gasteiger partial charge >= 0.3 is 0 Å². The van der Waals surface area contributed by atoms with Crippen molar-refractivity contribution in [1.29, 1.82) is 0 Å². The number of rotatable bonds is 2. The minimum atomic E-state index is 0.225. The van der Waals surface area contributed by atoms with Gasteiger partial charge in [0, 0.05) is 6.54 Å². The zero-order chi connectivity index (χ0) is 10.8. The van der Waals surface area contributed by atoms with Crippen LogP contribution in [0.2, 0.25) is 0 Å². The average Bonchev–Trinajstić information content (AvgIpc) is 2.53. The number of aromatic nitrogens is 2. The summed E-state index contributed by atoms with van der Waals surface area (Å²) >= 11 is 3.33. The Morgan fingerprint density at radius 1 is 1.53 bits per heavy atom. The maximum Gasteiger partial charge on any atom is 0.168 e. The molecule has 2 rings (SSSR count). The minimum absolute atomic E-state index is 0.225. The van der Waals surface area contributed by atoms with Crippen molar-refractivity contribution in [1.82, 2.24) is 14.7 Å². The van der Waals surface area contributed by atoms with Gasteiger partial charge in [-0.05, 0) is 54.8 Å². The molecule has 1 fully saturated rings. The monoisotopic (exact) mass is 273 g/mol. The van der Waals surface area contributed by atoms with Crippen LogP contribution in [0.3, 0.4) is 0 Å². The predicted molar refractivity (Wildman–Crippen MR) is 61.8 cm³/mol. The normalized spacial score (nSPS) is 19.6. The van der Waals surface area contributed by atoms with Crippen LogP contribution in [0.25, 0.3) is 0 Å². The van der Waals surface area contributed by atoms with Gasteiger partial charge in [0.25, 0.3) is 0 Å². The molecule has 1 aliphatic heterocycles. The summed E-state index contributed by atoms with van der Waals surface area (Å²) in [5, 5.41) is 13.5. The van der Waals surface area contributed by atoms with Crippen molar-refractivity contribution >= 4 is 15.9 Å². The highest BCUT2D eigenvalue weighted by Gasteiger charge is 2.18. The zero-order valence-corrected chi connectivity index (χ0v) is 10.4. The van der Waals surface area contributed by atoms with Crippen LogP contribution in [-0.2, 0) is 6.54 Å². The maximum atomic E-state index is 9.37. The summed E-state index contributed by atoms with van der Waals surface area (Å²) in [4.78, 5) is 2.35. The quantitative estimate of drug-likeness (QED) is 0.892. The third-order valence-corrected chi connectivity index (χ3v) is 3.84. The SMILES string of the molecule is CN1CCC(Cn2ncc(O)c2Br)CC1. The van der Waals surface area contributed by atoms with E-state index in [9.17, 15) is 5.11 Å². The van der Waals surface area contributed by atoms with Crippen LogP contribution < -0.4 is 0 Å². The second-order valence-electron chi connectivity index (χ2n) is 4.25. The zero-order valence-electron chi connectivity index (χ0n) is 8.86. The lowest BCUT2D eigenvalue weighted by molar-refractivity contribution is 0.200. The lowest BCUT2D eigenvalue weighted by Crippen LogP contribution is -2.32. The van der Waals surface area contributed by atoms with Gasteiger partial charge in [-0.1, -0.05) is 0 Å². The van der Waals surface area contributed by atoms with Crippen molar-refractivity contribution in [3.8, 4) is 5.75 Å². The van der Waals surface area contributed by atoms with E-state index in [0.29, 0.717) is 10.5 Å². The van der Waals surface area contributed by atoms with Gasteiger partial charge in [-0.25, -0.2) is 0 Å². The van der Waals surface area contributed by atoms with E-state index in [-0.39, 0.29) is 5.75 Å². The first-order chi connectivity index (χ1) is 7.16. The fraction of sp³-hybridized carbons (Fsp3) is 0.700.